The Bertz CT molecular complexity index is 1300. The highest BCUT2D eigenvalue weighted by Gasteiger charge is 2.45. The van der Waals surface area contributed by atoms with Crippen molar-refractivity contribution in [3.05, 3.63) is 77.1 Å². The lowest BCUT2D eigenvalue weighted by molar-refractivity contribution is -0.143. The molecular weight excluding hydrogens is 490 g/mol. The first-order valence-electron chi connectivity index (χ1n) is 12.1. The third kappa shape index (κ3) is 5.55. The van der Waals surface area contributed by atoms with Crippen LogP contribution >= 0.6 is 0 Å². The van der Waals surface area contributed by atoms with Crippen LogP contribution in [0, 0.1) is 11.2 Å². The fourth-order valence-electron chi connectivity index (χ4n) is 5.16. The number of ether oxygens (including phenoxy) is 1. The van der Waals surface area contributed by atoms with Crippen molar-refractivity contribution in [3.8, 4) is 5.75 Å². The monoisotopic (exact) mass is 517 g/mol. The number of fused-ring (bicyclic) bond motifs is 1. The molecule has 4 rings (SSSR count). The smallest absolute Gasteiger partial charge is 0.416 e. The number of nitrogens with one attached hydrogen (secondary N) is 1. The molecule has 0 spiro atoms. The number of benzene rings is 3. The molecule has 0 aromatic heterocycles. The Labute approximate surface area is 211 Å². The molecule has 0 radical (unpaired) electrons. The molecule has 0 heterocycles. The number of hydrogen-bond donors (Lipinski definition) is 2. The number of carbonyl (C=O) groups excluding carboxylic acids is 1. The van der Waals surface area contributed by atoms with Gasteiger partial charge in [0.25, 0.3) is 5.91 Å². The minimum atomic E-state index is -4.48. The van der Waals surface area contributed by atoms with E-state index >= 15 is 0 Å². The third-order valence-corrected chi connectivity index (χ3v) is 7.28. The first kappa shape index (κ1) is 26.4. The quantitative estimate of drug-likeness (QED) is 0.325. The lowest BCUT2D eigenvalue weighted by atomic mass is 9.76. The van der Waals surface area contributed by atoms with E-state index in [4.69, 9.17) is 4.74 Å². The summed E-state index contributed by atoms with van der Waals surface area (Å²) in [6.07, 6.45) is -0.769. The van der Waals surface area contributed by atoms with E-state index in [1.165, 1.54) is 36.4 Å². The van der Waals surface area contributed by atoms with Crippen LogP contribution in [0.5, 0.6) is 5.75 Å². The summed E-state index contributed by atoms with van der Waals surface area (Å²) >= 11 is 0. The van der Waals surface area contributed by atoms with Gasteiger partial charge >= 0.3 is 12.1 Å². The van der Waals surface area contributed by atoms with Crippen LogP contribution in [0.15, 0.2) is 54.6 Å². The number of halogens is 4. The summed E-state index contributed by atoms with van der Waals surface area (Å²) < 4.78 is 58.7. The summed E-state index contributed by atoms with van der Waals surface area (Å²) in [6, 6.07) is 10.3. The highest BCUT2D eigenvalue weighted by atomic mass is 19.4. The highest BCUT2D eigenvalue weighted by molar-refractivity contribution is 6.05. The predicted molar refractivity (Wildman–Crippen MR) is 130 cm³/mol. The van der Waals surface area contributed by atoms with Crippen molar-refractivity contribution in [2.45, 2.75) is 57.9 Å². The molecule has 0 bridgehead atoms. The Morgan fingerprint density at radius 2 is 1.70 bits per heavy atom. The van der Waals surface area contributed by atoms with E-state index in [0.717, 1.165) is 25.0 Å². The Kier molecular flexibility index (Phi) is 7.43. The highest BCUT2D eigenvalue weighted by Crippen LogP contribution is 2.44. The normalized spacial score (nSPS) is 15.9. The molecule has 1 atom stereocenters. The van der Waals surface area contributed by atoms with Crippen molar-refractivity contribution in [1.82, 2.24) is 5.32 Å². The standard InChI is InChI=1S/C28H27F4NO4/c1-2-27(13-3-4-14-27)24(26(35)36)33-25(34)21-12-8-18-7-11-20(29)15-22(18)23(21)37-16-17-5-9-19(10-6-17)28(30,31)32/h5-12,15,24H,2-4,13-14,16H2,1H3,(H,33,34)(H,35,36). The zero-order chi connectivity index (χ0) is 26.8. The summed E-state index contributed by atoms with van der Waals surface area (Å²) in [5.41, 5.74) is -0.946. The van der Waals surface area contributed by atoms with Crippen LogP contribution in [-0.4, -0.2) is 23.0 Å². The van der Waals surface area contributed by atoms with Gasteiger partial charge in [-0.25, -0.2) is 9.18 Å². The van der Waals surface area contributed by atoms with Crippen molar-refractivity contribution in [2.75, 3.05) is 0 Å². The summed E-state index contributed by atoms with van der Waals surface area (Å²) in [4.78, 5) is 25.6. The van der Waals surface area contributed by atoms with Crippen LogP contribution in [-0.2, 0) is 17.6 Å². The first-order valence-corrected chi connectivity index (χ1v) is 12.1. The number of alkyl halides is 3. The van der Waals surface area contributed by atoms with E-state index in [1.807, 2.05) is 6.92 Å². The Balaban J connectivity index is 1.67. The number of aliphatic carboxylic acids is 1. The molecule has 1 aliphatic rings. The van der Waals surface area contributed by atoms with Gasteiger partial charge in [-0.05, 0) is 60.5 Å². The van der Waals surface area contributed by atoms with Crippen molar-refractivity contribution in [2.24, 2.45) is 5.41 Å². The van der Waals surface area contributed by atoms with Gasteiger partial charge in [0.1, 0.15) is 24.2 Å². The molecule has 3 aromatic carbocycles. The molecule has 5 nitrogen and oxygen atoms in total. The molecular formula is C28H27F4NO4. The molecule has 1 fully saturated rings. The molecule has 3 aromatic rings. The van der Waals surface area contributed by atoms with Gasteiger partial charge in [-0.15, -0.1) is 0 Å². The van der Waals surface area contributed by atoms with Crippen LogP contribution in [0.3, 0.4) is 0 Å². The van der Waals surface area contributed by atoms with E-state index in [1.54, 1.807) is 6.07 Å². The van der Waals surface area contributed by atoms with Crippen LogP contribution in [0.1, 0.15) is 60.5 Å². The minimum absolute atomic E-state index is 0.0144. The molecule has 1 amide bonds. The van der Waals surface area contributed by atoms with Gasteiger partial charge in [-0.1, -0.05) is 44.0 Å². The Morgan fingerprint density at radius 1 is 1.05 bits per heavy atom. The van der Waals surface area contributed by atoms with Gasteiger partial charge in [0.15, 0.2) is 0 Å². The fourth-order valence-corrected chi connectivity index (χ4v) is 5.16. The second-order valence-corrected chi connectivity index (χ2v) is 9.46. The first-order chi connectivity index (χ1) is 17.5. The van der Waals surface area contributed by atoms with Gasteiger partial charge in [0.05, 0.1) is 11.1 Å². The van der Waals surface area contributed by atoms with E-state index in [-0.39, 0.29) is 23.3 Å². The van der Waals surface area contributed by atoms with Crippen LogP contribution in [0.2, 0.25) is 0 Å². The summed E-state index contributed by atoms with van der Waals surface area (Å²) in [6.45, 7) is 1.72. The number of hydrogen-bond acceptors (Lipinski definition) is 3. The van der Waals surface area contributed by atoms with E-state index in [2.05, 4.69) is 5.32 Å². The zero-order valence-corrected chi connectivity index (χ0v) is 20.2. The predicted octanol–water partition coefficient (Wildman–Crippen LogP) is 6.73. The second kappa shape index (κ2) is 10.4. The lowest BCUT2D eigenvalue weighted by Gasteiger charge is -2.34. The molecule has 37 heavy (non-hydrogen) atoms. The summed E-state index contributed by atoms with van der Waals surface area (Å²) in [7, 11) is 0. The molecule has 0 saturated heterocycles. The maximum absolute atomic E-state index is 14.1. The van der Waals surface area contributed by atoms with Crippen LogP contribution in [0.25, 0.3) is 10.8 Å². The van der Waals surface area contributed by atoms with Gasteiger partial charge < -0.3 is 15.2 Å². The van der Waals surface area contributed by atoms with E-state index in [0.29, 0.717) is 30.2 Å². The summed E-state index contributed by atoms with van der Waals surface area (Å²) in [5.74, 6) is -2.35. The van der Waals surface area contributed by atoms with Crippen molar-refractivity contribution >= 4 is 22.6 Å². The zero-order valence-electron chi connectivity index (χ0n) is 20.2. The SMILES string of the molecule is CCC1(C(NC(=O)c2ccc3ccc(F)cc3c2OCc2ccc(C(F)(F)F)cc2)C(=O)O)CCCC1. The largest absolute Gasteiger partial charge is 0.487 e. The maximum Gasteiger partial charge on any atom is 0.416 e. The number of carboxylic acids is 1. The Morgan fingerprint density at radius 3 is 2.30 bits per heavy atom. The lowest BCUT2D eigenvalue weighted by Crippen LogP contribution is -2.51. The third-order valence-electron chi connectivity index (χ3n) is 7.28. The number of carboxylic acid groups (broad SMARTS) is 1. The minimum Gasteiger partial charge on any atom is -0.487 e. The average molecular weight is 518 g/mol. The van der Waals surface area contributed by atoms with Crippen molar-refractivity contribution < 1.29 is 37.0 Å². The molecule has 1 unspecified atom stereocenters. The molecule has 1 aliphatic carbocycles. The number of carbonyl (C=O) groups is 2. The fraction of sp³-hybridized carbons (Fsp3) is 0.357. The van der Waals surface area contributed by atoms with Crippen molar-refractivity contribution in [1.29, 1.82) is 0 Å². The van der Waals surface area contributed by atoms with Crippen LogP contribution in [0.4, 0.5) is 17.6 Å². The van der Waals surface area contributed by atoms with Gasteiger partial charge in [-0.2, -0.15) is 13.2 Å². The summed E-state index contributed by atoms with van der Waals surface area (Å²) in [5, 5.41) is 13.5. The van der Waals surface area contributed by atoms with E-state index < -0.39 is 40.9 Å². The van der Waals surface area contributed by atoms with Gasteiger partial charge in [0, 0.05) is 10.8 Å². The van der Waals surface area contributed by atoms with Gasteiger partial charge in [0.2, 0.25) is 0 Å². The topological polar surface area (TPSA) is 75.6 Å². The molecule has 9 heteroatoms. The van der Waals surface area contributed by atoms with Gasteiger partial charge in [-0.3, -0.25) is 4.79 Å². The number of rotatable bonds is 8. The van der Waals surface area contributed by atoms with Crippen LogP contribution < -0.4 is 10.1 Å². The van der Waals surface area contributed by atoms with Crippen molar-refractivity contribution in [3.63, 3.8) is 0 Å². The second-order valence-electron chi connectivity index (χ2n) is 9.46. The molecule has 0 aliphatic heterocycles. The average Bonchev–Trinajstić information content (AvgIpc) is 3.35. The molecule has 196 valence electrons. The van der Waals surface area contributed by atoms with E-state index in [9.17, 15) is 32.3 Å². The number of amides is 1. The molecule has 2 N–H and O–H groups in total. The maximum atomic E-state index is 14.1. The molecule has 1 saturated carbocycles. The Hall–Kier alpha value is -3.62.